The van der Waals surface area contributed by atoms with Crippen LogP contribution in [0.5, 0.6) is 5.75 Å². The zero-order chi connectivity index (χ0) is 27.0. The van der Waals surface area contributed by atoms with Crippen LogP contribution in [0.25, 0.3) is 32.0 Å². The zero-order valence-electron chi connectivity index (χ0n) is 21.8. The maximum Gasteiger partial charge on any atom is 0.289 e. The number of piperazine rings is 1. The van der Waals surface area contributed by atoms with Crippen molar-refractivity contribution < 1.29 is 13.9 Å². The maximum atomic E-state index is 12.5. The summed E-state index contributed by atoms with van der Waals surface area (Å²) in [5.41, 5.74) is 2.54. The molecule has 0 bridgehead atoms. The highest BCUT2D eigenvalue weighted by Crippen LogP contribution is 2.48. The monoisotopic (exact) mass is 573 g/mol. The molecule has 0 radical (unpaired) electrons. The number of rotatable bonds is 7. The summed E-state index contributed by atoms with van der Waals surface area (Å²) in [6.07, 6.45) is 1.44. The van der Waals surface area contributed by atoms with E-state index in [0.717, 1.165) is 59.1 Å². The topological polar surface area (TPSA) is 74.9 Å². The predicted octanol–water partition coefficient (Wildman–Crippen LogP) is 5.56. The Morgan fingerprint density at radius 3 is 2.63 bits per heavy atom. The number of halogens is 2. The van der Waals surface area contributed by atoms with Crippen LogP contribution in [0.3, 0.4) is 0 Å². The molecule has 11 heteroatoms. The van der Waals surface area contributed by atoms with E-state index >= 15 is 0 Å². The van der Waals surface area contributed by atoms with E-state index in [1.54, 1.807) is 26.2 Å². The molecular formula is C27H29Cl2N5O3S. The number of thiophene rings is 1. The van der Waals surface area contributed by atoms with Gasteiger partial charge in [-0.05, 0) is 43.3 Å². The smallest absolute Gasteiger partial charge is 0.289 e. The molecule has 1 aromatic carbocycles. The fourth-order valence-electron chi connectivity index (χ4n) is 4.52. The SMILES string of the molecule is Cc1c(-c2c(-c3ccc(C(=O)N(C)C)o3)sc3ncnc(Cl)c23)ccc(OCCN2CCN(C)CC2)c1Cl. The first kappa shape index (κ1) is 26.9. The van der Waals surface area contributed by atoms with Crippen molar-refractivity contribution in [2.24, 2.45) is 0 Å². The lowest BCUT2D eigenvalue weighted by Crippen LogP contribution is -2.45. The van der Waals surface area contributed by atoms with Crippen LogP contribution in [0.15, 0.2) is 35.0 Å². The van der Waals surface area contributed by atoms with Crippen molar-refractivity contribution in [3.63, 3.8) is 0 Å². The summed E-state index contributed by atoms with van der Waals surface area (Å²) >= 11 is 14.9. The molecule has 38 heavy (non-hydrogen) atoms. The van der Waals surface area contributed by atoms with E-state index in [9.17, 15) is 4.79 Å². The lowest BCUT2D eigenvalue weighted by atomic mass is 9.97. The number of benzene rings is 1. The first-order valence-electron chi connectivity index (χ1n) is 12.3. The Kier molecular flexibility index (Phi) is 7.93. The van der Waals surface area contributed by atoms with Gasteiger partial charge in [-0.15, -0.1) is 11.3 Å². The number of nitrogens with zero attached hydrogens (tertiary/aromatic N) is 5. The van der Waals surface area contributed by atoms with Crippen LogP contribution >= 0.6 is 34.5 Å². The molecule has 8 nitrogen and oxygen atoms in total. The maximum absolute atomic E-state index is 12.5. The highest BCUT2D eigenvalue weighted by Gasteiger charge is 2.25. The molecule has 1 aliphatic heterocycles. The second kappa shape index (κ2) is 11.2. The van der Waals surface area contributed by atoms with Crippen molar-refractivity contribution in [2.75, 3.05) is 60.5 Å². The lowest BCUT2D eigenvalue weighted by Gasteiger charge is -2.32. The summed E-state index contributed by atoms with van der Waals surface area (Å²) in [7, 11) is 5.52. The molecule has 5 rings (SSSR count). The number of likely N-dealkylation sites (N-methyl/N-ethyl adjacent to an activating group) is 1. The summed E-state index contributed by atoms with van der Waals surface area (Å²) in [6.45, 7) is 7.58. The fourth-order valence-corrected chi connectivity index (χ4v) is 6.14. The van der Waals surface area contributed by atoms with Gasteiger partial charge in [0.05, 0.1) is 15.3 Å². The minimum atomic E-state index is -0.214. The third-order valence-electron chi connectivity index (χ3n) is 6.77. The summed E-state index contributed by atoms with van der Waals surface area (Å²) in [6, 6.07) is 7.34. The van der Waals surface area contributed by atoms with Crippen LogP contribution in [0.4, 0.5) is 0 Å². The number of hydrogen-bond donors (Lipinski definition) is 0. The molecule has 0 N–H and O–H groups in total. The molecule has 0 aliphatic carbocycles. The Balaban J connectivity index is 1.49. The van der Waals surface area contributed by atoms with E-state index < -0.39 is 0 Å². The summed E-state index contributed by atoms with van der Waals surface area (Å²) in [5, 5.41) is 1.60. The first-order chi connectivity index (χ1) is 18.2. The fraction of sp³-hybridized carbons (Fsp3) is 0.370. The van der Waals surface area contributed by atoms with Crippen LogP contribution in [-0.4, -0.2) is 91.0 Å². The Morgan fingerprint density at radius 1 is 1.13 bits per heavy atom. The molecule has 0 unspecified atom stereocenters. The van der Waals surface area contributed by atoms with E-state index in [1.165, 1.54) is 22.6 Å². The van der Waals surface area contributed by atoms with E-state index in [1.807, 2.05) is 19.1 Å². The van der Waals surface area contributed by atoms with Gasteiger partial charge in [-0.25, -0.2) is 9.97 Å². The number of aromatic nitrogens is 2. The van der Waals surface area contributed by atoms with Crippen molar-refractivity contribution in [3.05, 3.63) is 52.1 Å². The standard InChI is InChI=1S/C27H29Cl2N5O3S/c1-16-17(5-6-18(23(16)28)36-14-13-34-11-9-33(4)10-12-34)21-22-25(29)30-15-31-26(22)38-24(21)19-7-8-20(37-19)27(35)32(2)3/h5-8,15H,9-14H2,1-4H3. The molecule has 0 spiro atoms. The van der Waals surface area contributed by atoms with Crippen LogP contribution in [0, 0.1) is 6.92 Å². The summed E-state index contributed by atoms with van der Waals surface area (Å²) in [4.78, 5) is 28.9. The highest BCUT2D eigenvalue weighted by atomic mass is 35.5. The average Bonchev–Trinajstić information content (AvgIpc) is 3.53. The Labute approximate surface area is 235 Å². The van der Waals surface area contributed by atoms with Gasteiger partial charge in [0.1, 0.15) is 34.4 Å². The van der Waals surface area contributed by atoms with Crippen molar-refractivity contribution in [2.45, 2.75) is 6.92 Å². The van der Waals surface area contributed by atoms with Gasteiger partial charge in [-0.2, -0.15) is 0 Å². The van der Waals surface area contributed by atoms with Crippen molar-refractivity contribution in [3.8, 4) is 27.5 Å². The van der Waals surface area contributed by atoms with Crippen molar-refractivity contribution >= 4 is 50.7 Å². The largest absolute Gasteiger partial charge is 0.491 e. The van der Waals surface area contributed by atoms with Gasteiger partial charge >= 0.3 is 0 Å². The van der Waals surface area contributed by atoms with Crippen molar-refractivity contribution in [1.82, 2.24) is 24.7 Å². The van der Waals surface area contributed by atoms with Gasteiger partial charge < -0.3 is 19.0 Å². The number of amides is 1. The number of carbonyl (C=O) groups is 1. The van der Waals surface area contributed by atoms with Crippen LogP contribution < -0.4 is 4.74 Å². The number of furan rings is 1. The van der Waals surface area contributed by atoms with Gasteiger partial charge in [-0.1, -0.05) is 29.3 Å². The summed E-state index contributed by atoms with van der Waals surface area (Å²) in [5.74, 6) is 1.23. The number of ether oxygens (including phenoxy) is 1. The molecule has 0 saturated carbocycles. The molecule has 3 aromatic heterocycles. The molecule has 1 fully saturated rings. The Bertz CT molecular complexity index is 1480. The van der Waals surface area contributed by atoms with Gasteiger partial charge in [0, 0.05) is 52.4 Å². The van der Waals surface area contributed by atoms with Crippen molar-refractivity contribution in [1.29, 1.82) is 0 Å². The number of fused-ring (bicyclic) bond motifs is 1. The van der Waals surface area contributed by atoms with Gasteiger partial charge in [0.2, 0.25) is 0 Å². The third kappa shape index (κ3) is 5.26. The number of carbonyl (C=O) groups excluding carboxylic acids is 1. The van der Waals surface area contributed by atoms with E-state index in [4.69, 9.17) is 32.4 Å². The van der Waals surface area contributed by atoms with Gasteiger partial charge in [-0.3, -0.25) is 9.69 Å². The molecule has 1 saturated heterocycles. The van der Waals surface area contributed by atoms with Crippen LogP contribution in [0.2, 0.25) is 10.2 Å². The molecule has 1 amide bonds. The molecule has 200 valence electrons. The average molecular weight is 575 g/mol. The second-order valence-electron chi connectivity index (χ2n) is 9.56. The minimum Gasteiger partial charge on any atom is -0.491 e. The summed E-state index contributed by atoms with van der Waals surface area (Å²) < 4.78 is 12.1. The quantitative estimate of drug-likeness (QED) is 0.268. The predicted molar refractivity (Wildman–Crippen MR) is 153 cm³/mol. The zero-order valence-corrected chi connectivity index (χ0v) is 24.1. The normalized spacial score (nSPS) is 14.8. The van der Waals surface area contributed by atoms with E-state index in [-0.39, 0.29) is 11.7 Å². The minimum absolute atomic E-state index is 0.214. The van der Waals surface area contributed by atoms with E-state index in [0.29, 0.717) is 33.7 Å². The van der Waals surface area contributed by atoms with Gasteiger partial charge in [0.15, 0.2) is 5.76 Å². The lowest BCUT2D eigenvalue weighted by molar-refractivity contribution is 0.0797. The Morgan fingerprint density at radius 2 is 1.89 bits per heavy atom. The first-order valence-corrected chi connectivity index (χ1v) is 13.9. The Hall–Kier alpha value is -2.69. The van der Waals surface area contributed by atoms with E-state index in [2.05, 4.69) is 26.8 Å². The molecule has 4 aromatic rings. The van der Waals surface area contributed by atoms with Crippen LogP contribution in [-0.2, 0) is 0 Å². The highest BCUT2D eigenvalue weighted by molar-refractivity contribution is 7.22. The van der Waals surface area contributed by atoms with Gasteiger partial charge in [0.25, 0.3) is 5.91 Å². The number of hydrogen-bond acceptors (Lipinski definition) is 8. The third-order valence-corrected chi connectivity index (χ3v) is 8.64. The van der Waals surface area contributed by atoms with Crippen LogP contribution in [0.1, 0.15) is 16.1 Å². The molecule has 4 heterocycles. The molecular weight excluding hydrogens is 545 g/mol. The molecule has 0 atom stereocenters. The molecule has 1 aliphatic rings. The second-order valence-corrected chi connectivity index (χ2v) is 11.3.